The SMILES string of the molecule is COCC(=O)[C@]1(O)Cc2c(O)c3c(c(O)c2[C@@H](OC2CC(N)CC(C)O2)C1)C(=O)c1c(OC)cccc1C3=O. The van der Waals surface area contributed by atoms with E-state index in [1.165, 1.54) is 32.4 Å². The molecule has 11 heteroatoms. The number of ether oxygens (including phenoxy) is 4. The number of Topliss-reactive ketones (excluding diaryl/α,β-unsaturated/α-hetero) is 1. The molecule has 1 saturated heterocycles. The van der Waals surface area contributed by atoms with Crippen LogP contribution in [0.5, 0.6) is 17.2 Å². The number of hydrogen-bond donors (Lipinski definition) is 4. The lowest BCUT2D eigenvalue weighted by Crippen LogP contribution is -2.49. The molecular weight excluding hydrogens is 510 g/mol. The van der Waals surface area contributed by atoms with Crippen molar-refractivity contribution in [3.8, 4) is 17.2 Å². The summed E-state index contributed by atoms with van der Waals surface area (Å²) in [5.41, 5.74) is 3.15. The summed E-state index contributed by atoms with van der Waals surface area (Å²) < 4.78 is 22.3. The minimum atomic E-state index is -2.06. The Kier molecular flexibility index (Phi) is 6.98. The van der Waals surface area contributed by atoms with E-state index in [1.54, 1.807) is 0 Å². The number of carbonyl (C=O) groups is 3. The topological polar surface area (TPSA) is 175 Å². The number of aromatic hydroxyl groups is 2. The average Bonchev–Trinajstić information content (AvgIpc) is 2.88. The number of hydrogen-bond acceptors (Lipinski definition) is 11. The molecule has 11 nitrogen and oxygen atoms in total. The molecule has 0 radical (unpaired) electrons. The number of phenols is 2. The van der Waals surface area contributed by atoms with Crippen LogP contribution in [0, 0.1) is 0 Å². The summed E-state index contributed by atoms with van der Waals surface area (Å²) >= 11 is 0. The fourth-order valence-electron chi connectivity index (χ4n) is 5.92. The van der Waals surface area contributed by atoms with E-state index in [-0.39, 0.29) is 46.6 Å². The summed E-state index contributed by atoms with van der Waals surface area (Å²) in [6.07, 6.45) is -2.12. The average molecular weight is 542 g/mol. The van der Waals surface area contributed by atoms with Crippen LogP contribution in [0.1, 0.15) is 75.3 Å². The van der Waals surface area contributed by atoms with Gasteiger partial charge in [0.15, 0.2) is 17.9 Å². The molecule has 0 aromatic heterocycles. The molecule has 2 aliphatic carbocycles. The van der Waals surface area contributed by atoms with Gasteiger partial charge < -0.3 is 40.0 Å². The number of ketones is 3. The molecule has 0 saturated carbocycles. The highest BCUT2D eigenvalue weighted by Crippen LogP contribution is 2.52. The second kappa shape index (κ2) is 10.00. The van der Waals surface area contributed by atoms with Crippen molar-refractivity contribution in [3.63, 3.8) is 0 Å². The lowest BCUT2D eigenvalue weighted by atomic mass is 9.72. The number of benzene rings is 2. The Morgan fingerprint density at radius 1 is 1.10 bits per heavy atom. The normalized spacial score (nSPS) is 27.9. The van der Waals surface area contributed by atoms with Crippen LogP contribution in [-0.4, -0.2) is 77.5 Å². The van der Waals surface area contributed by atoms with Crippen LogP contribution in [0.3, 0.4) is 0 Å². The van der Waals surface area contributed by atoms with Crippen molar-refractivity contribution in [2.75, 3.05) is 20.8 Å². The molecule has 1 fully saturated rings. The van der Waals surface area contributed by atoms with Crippen molar-refractivity contribution in [1.29, 1.82) is 0 Å². The Morgan fingerprint density at radius 2 is 1.82 bits per heavy atom. The monoisotopic (exact) mass is 541 g/mol. The van der Waals surface area contributed by atoms with Gasteiger partial charge in [-0.15, -0.1) is 0 Å². The van der Waals surface area contributed by atoms with Crippen molar-refractivity contribution < 1.29 is 48.7 Å². The van der Waals surface area contributed by atoms with Gasteiger partial charge in [0.1, 0.15) is 29.5 Å². The third kappa shape index (κ3) is 4.40. The van der Waals surface area contributed by atoms with Gasteiger partial charge in [-0.05, 0) is 19.4 Å². The zero-order chi connectivity index (χ0) is 28.2. The number of rotatable bonds is 6. The summed E-state index contributed by atoms with van der Waals surface area (Å²) in [5, 5.41) is 34.4. The molecule has 2 aromatic carbocycles. The first-order valence-electron chi connectivity index (χ1n) is 12.7. The van der Waals surface area contributed by atoms with Crippen LogP contribution in [0.2, 0.25) is 0 Å². The summed E-state index contributed by atoms with van der Waals surface area (Å²) in [4.78, 5) is 40.2. The molecule has 0 amide bonds. The number of fused-ring (bicyclic) bond motifs is 3. The highest BCUT2D eigenvalue weighted by molar-refractivity contribution is 6.31. The number of carbonyl (C=O) groups excluding carboxylic acids is 3. The third-order valence-electron chi connectivity index (χ3n) is 7.70. The van der Waals surface area contributed by atoms with Crippen LogP contribution >= 0.6 is 0 Å². The summed E-state index contributed by atoms with van der Waals surface area (Å²) in [6.45, 7) is 1.42. The number of aliphatic hydroxyl groups is 1. The summed E-state index contributed by atoms with van der Waals surface area (Å²) in [7, 11) is 2.66. The number of methoxy groups -OCH3 is 2. The van der Waals surface area contributed by atoms with E-state index in [9.17, 15) is 29.7 Å². The molecular formula is C28H31NO10. The van der Waals surface area contributed by atoms with Crippen LogP contribution in [-0.2, 0) is 25.4 Å². The second-order valence-corrected chi connectivity index (χ2v) is 10.4. The fraction of sp³-hybridized carbons (Fsp3) is 0.464. The Balaban J connectivity index is 1.69. The molecule has 1 aliphatic heterocycles. The maximum absolute atomic E-state index is 13.7. The maximum Gasteiger partial charge on any atom is 0.202 e. The standard InChI is InChI=1S/C28H31NO10/c1-12-7-13(29)8-19(38-12)39-17-10-28(35,18(30)11-36-2)9-15-21(17)27(34)23-22(25(15)32)24(31)14-5-4-6-16(37-3)20(14)26(23)33/h4-6,12-13,17,19,32,34-35H,7-11,29H2,1-3H3/t12?,13?,17-,19?,28-/m0/s1. The molecule has 0 spiro atoms. The first kappa shape index (κ1) is 27.2. The molecule has 3 unspecified atom stereocenters. The zero-order valence-corrected chi connectivity index (χ0v) is 21.9. The molecule has 1 heterocycles. The van der Waals surface area contributed by atoms with E-state index in [2.05, 4.69) is 0 Å². The molecule has 0 bridgehead atoms. The Hall–Kier alpha value is -3.35. The number of nitrogens with two attached hydrogens (primary N) is 1. The molecule has 2 aromatic rings. The van der Waals surface area contributed by atoms with Crippen LogP contribution < -0.4 is 10.5 Å². The predicted octanol–water partition coefficient (Wildman–Crippen LogP) is 1.68. The van der Waals surface area contributed by atoms with E-state index < -0.39 is 71.0 Å². The van der Waals surface area contributed by atoms with Gasteiger partial charge in [0.05, 0.1) is 36.0 Å². The van der Waals surface area contributed by atoms with Crippen molar-refractivity contribution in [2.24, 2.45) is 5.73 Å². The van der Waals surface area contributed by atoms with E-state index >= 15 is 0 Å². The van der Waals surface area contributed by atoms with Crippen molar-refractivity contribution in [3.05, 3.63) is 51.6 Å². The van der Waals surface area contributed by atoms with E-state index in [1.807, 2.05) is 6.92 Å². The molecule has 5 atom stereocenters. The first-order valence-corrected chi connectivity index (χ1v) is 12.7. The minimum Gasteiger partial charge on any atom is -0.507 e. The van der Waals surface area contributed by atoms with Gasteiger partial charge >= 0.3 is 0 Å². The van der Waals surface area contributed by atoms with Gasteiger partial charge in [-0.25, -0.2) is 0 Å². The lowest BCUT2D eigenvalue weighted by Gasteiger charge is -2.41. The van der Waals surface area contributed by atoms with Crippen molar-refractivity contribution in [1.82, 2.24) is 0 Å². The first-order chi connectivity index (χ1) is 18.5. The minimum absolute atomic E-state index is 0.00367. The number of phenolic OH excluding ortho intramolecular Hbond substituents is 2. The van der Waals surface area contributed by atoms with Gasteiger partial charge in [0.2, 0.25) is 5.78 Å². The fourth-order valence-corrected chi connectivity index (χ4v) is 5.92. The van der Waals surface area contributed by atoms with E-state index in [0.29, 0.717) is 12.8 Å². The van der Waals surface area contributed by atoms with Crippen LogP contribution in [0.4, 0.5) is 0 Å². The van der Waals surface area contributed by atoms with Crippen molar-refractivity contribution in [2.45, 2.75) is 62.7 Å². The van der Waals surface area contributed by atoms with E-state index in [0.717, 1.165) is 0 Å². The predicted molar refractivity (Wildman–Crippen MR) is 135 cm³/mol. The molecule has 3 aliphatic rings. The van der Waals surface area contributed by atoms with Crippen LogP contribution in [0.25, 0.3) is 0 Å². The highest BCUT2D eigenvalue weighted by Gasteiger charge is 2.50. The summed E-state index contributed by atoms with van der Waals surface area (Å²) in [6, 6.07) is 4.24. The highest BCUT2D eigenvalue weighted by atomic mass is 16.7. The largest absolute Gasteiger partial charge is 0.507 e. The van der Waals surface area contributed by atoms with Gasteiger partial charge in [-0.3, -0.25) is 14.4 Å². The zero-order valence-electron chi connectivity index (χ0n) is 21.9. The molecule has 5 rings (SSSR count). The smallest absolute Gasteiger partial charge is 0.202 e. The van der Waals surface area contributed by atoms with Gasteiger partial charge in [0.25, 0.3) is 0 Å². The van der Waals surface area contributed by atoms with Gasteiger partial charge in [-0.2, -0.15) is 0 Å². The quantitative estimate of drug-likeness (QED) is 0.334. The van der Waals surface area contributed by atoms with Crippen molar-refractivity contribution >= 4 is 17.3 Å². The van der Waals surface area contributed by atoms with Gasteiger partial charge in [-0.1, -0.05) is 12.1 Å². The third-order valence-corrected chi connectivity index (χ3v) is 7.70. The molecule has 208 valence electrons. The Labute approximate surface area is 224 Å². The van der Waals surface area contributed by atoms with Gasteiger partial charge in [0, 0.05) is 49.1 Å². The van der Waals surface area contributed by atoms with Crippen LogP contribution in [0.15, 0.2) is 18.2 Å². The van der Waals surface area contributed by atoms with E-state index in [4.69, 9.17) is 24.7 Å². The lowest BCUT2D eigenvalue weighted by molar-refractivity contribution is -0.225. The Morgan fingerprint density at radius 3 is 2.49 bits per heavy atom. The maximum atomic E-state index is 13.7. The molecule has 39 heavy (non-hydrogen) atoms. The summed E-state index contributed by atoms with van der Waals surface area (Å²) in [5.74, 6) is -3.15. The second-order valence-electron chi connectivity index (χ2n) is 10.4. The Bertz CT molecular complexity index is 1360. The molecule has 5 N–H and O–H groups in total.